The summed E-state index contributed by atoms with van der Waals surface area (Å²) in [5.74, 6) is 0. The molecule has 3 heteroatoms. The number of halogens is 1. The van der Waals surface area contributed by atoms with Crippen LogP contribution < -0.4 is 10.6 Å². The minimum Gasteiger partial charge on any atom is -0.314 e. The molecular weight excluding hydrogens is 288 g/mol. The van der Waals surface area contributed by atoms with Crippen LogP contribution in [0.2, 0.25) is 0 Å². The second-order valence-corrected chi connectivity index (χ2v) is 6.11. The first kappa shape index (κ1) is 14.0. The van der Waals surface area contributed by atoms with Gasteiger partial charge in [-0.25, -0.2) is 0 Å². The maximum atomic E-state index is 3.62. The van der Waals surface area contributed by atoms with Gasteiger partial charge in [0, 0.05) is 23.1 Å². The van der Waals surface area contributed by atoms with Crippen LogP contribution in [0.5, 0.6) is 0 Å². The van der Waals surface area contributed by atoms with Gasteiger partial charge < -0.3 is 10.6 Å². The summed E-state index contributed by atoms with van der Waals surface area (Å²) >= 11 is 3.59. The van der Waals surface area contributed by atoms with E-state index in [1.807, 2.05) is 0 Å². The van der Waals surface area contributed by atoms with E-state index in [0.717, 1.165) is 6.54 Å². The highest BCUT2D eigenvalue weighted by molar-refractivity contribution is 9.10. The van der Waals surface area contributed by atoms with Crippen LogP contribution >= 0.6 is 15.9 Å². The van der Waals surface area contributed by atoms with Crippen LogP contribution in [0.1, 0.15) is 38.2 Å². The van der Waals surface area contributed by atoms with Crippen molar-refractivity contribution in [2.24, 2.45) is 0 Å². The first-order valence-corrected chi connectivity index (χ1v) is 7.75. The van der Waals surface area contributed by atoms with E-state index in [1.54, 1.807) is 0 Å². The van der Waals surface area contributed by atoms with Gasteiger partial charge in [-0.2, -0.15) is 0 Å². The van der Waals surface area contributed by atoms with Crippen LogP contribution in [-0.4, -0.2) is 18.6 Å². The van der Waals surface area contributed by atoms with Gasteiger partial charge in [0.1, 0.15) is 0 Å². The largest absolute Gasteiger partial charge is 0.314 e. The van der Waals surface area contributed by atoms with Crippen molar-refractivity contribution in [3.8, 4) is 0 Å². The molecule has 1 fully saturated rings. The lowest BCUT2D eigenvalue weighted by atomic mass is 9.99. The van der Waals surface area contributed by atoms with Crippen molar-refractivity contribution in [1.29, 1.82) is 0 Å². The van der Waals surface area contributed by atoms with Gasteiger partial charge in [0.15, 0.2) is 0 Å². The number of hydrogen-bond acceptors (Lipinski definition) is 2. The highest BCUT2D eigenvalue weighted by atomic mass is 79.9. The van der Waals surface area contributed by atoms with Crippen molar-refractivity contribution in [2.75, 3.05) is 6.54 Å². The summed E-state index contributed by atoms with van der Waals surface area (Å²) in [5, 5.41) is 7.23. The third-order valence-corrected chi connectivity index (χ3v) is 4.42. The van der Waals surface area contributed by atoms with E-state index in [9.17, 15) is 0 Å². The molecule has 0 amide bonds. The Morgan fingerprint density at radius 1 is 1.39 bits per heavy atom. The third-order valence-electron chi connectivity index (χ3n) is 3.65. The zero-order valence-electron chi connectivity index (χ0n) is 11.1. The van der Waals surface area contributed by atoms with E-state index in [1.165, 1.54) is 42.3 Å². The molecule has 0 saturated carbocycles. The number of benzene rings is 1. The molecule has 2 unspecified atom stereocenters. The van der Waals surface area contributed by atoms with Gasteiger partial charge in [-0.1, -0.05) is 40.5 Å². The van der Waals surface area contributed by atoms with Crippen molar-refractivity contribution in [2.45, 2.75) is 51.2 Å². The van der Waals surface area contributed by atoms with E-state index in [0.29, 0.717) is 12.1 Å². The number of hydrogen-bond donors (Lipinski definition) is 2. The fraction of sp³-hybridized carbons (Fsp3) is 0.600. The summed E-state index contributed by atoms with van der Waals surface area (Å²) in [6.45, 7) is 4.42. The molecule has 0 radical (unpaired) electrons. The molecule has 1 aliphatic rings. The maximum absolute atomic E-state index is 3.62. The summed E-state index contributed by atoms with van der Waals surface area (Å²) in [6, 6.07) is 9.69. The fourth-order valence-corrected chi connectivity index (χ4v) is 2.99. The number of nitrogens with one attached hydrogen (secondary N) is 2. The zero-order valence-corrected chi connectivity index (χ0v) is 12.7. The van der Waals surface area contributed by atoms with Crippen LogP contribution in [0.15, 0.2) is 28.7 Å². The Morgan fingerprint density at radius 2 is 2.22 bits per heavy atom. The highest BCUT2D eigenvalue weighted by Gasteiger charge is 2.15. The van der Waals surface area contributed by atoms with Gasteiger partial charge in [-0.05, 0) is 44.4 Å². The van der Waals surface area contributed by atoms with Gasteiger partial charge in [0.2, 0.25) is 0 Å². The molecule has 0 bridgehead atoms. The first-order valence-electron chi connectivity index (χ1n) is 6.96. The van der Waals surface area contributed by atoms with Crippen LogP contribution in [-0.2, 0) is 6.54 Å². The van der Waals surface area contributed by atoms with Crippen LogP contribution in [0, 0.1) is 0 Å². The second-order valence-electron chi connectivity index (χ2n) is 5.26. The van der Waals surface area contributed by atoms with Crippen LogP contribution in [0.3, 0.4) is 0 Å². The molecule has 2 rings (SSSR count). The van der Waals surface area contributed by atoms with Crippen LogP contribution in [0.25, 0.3) is 0 Å². The van der Waals surface area contributed by atoms with Gasteiger partial charge >= 0.3 is 0 Å². The quantitative estimate of drug-likeness (QED) is 0.870. The Labute approximate surface area is 119 Å². The van der Waals surface area contributed by atoms with Crippen molar-refractivity contribution in [3.05, 3.63) is 34.3 Å². The molecule has 100 valence electrons. The monoisotopic (exact) mass is 310 g/mol. The average molecular weight is 311 g/mol. The lowest BCUT2D eigenvalue weighted by Gasteiger charge is -2.26. The Kier molecular flexibility index (Phi) is 5.67. The molecule has 0 spiro atoms. The van der Waals surface area contributed by atoms with E-state index in [4.69, 9.17) is 0 Å². The molecular formula is C15H23BrN2. The summed E-state index contributed by atoms with van der Waals surface area (Å²) in [6.07, 6.45) is 5.29. The summed E-state index contributed by atoms with van der Waals surface area (Å²) < 4.78 is 1.19. The van der Waals surface area contributed by atoms with Crippen molar-refractivity contribution in [3.63, 3.8) is 0 Å². The van der Waals surface area contributed by atoms with E-state index in [-0.39, 0.29) is 0 Å². The molecule has 1 aromatic rings. The lowest BCUT2D eigenvalue weighted by molar-refractivity contribution is 0.344. The van der Waals surface area contributed by atoms with E-state index in [2.05, 4.69) is 57.8 Å². The molecule has 1 aromatic carbocycles. The first-order chi connectivity index (χ1) is 8.75. The predicted molar refractivity (Wildman–Crippen MR) is 80.7 cm³/mol. The summed E-state index contributed by atoms with van der Waals surface area (Å²) in [4.78, 5) is 0. The van der Waals surface area contributed by atoms with Gasteiger partial charge in [0.05, 0.1) is 0 Å². The number of rotatable bonds is 5. The topological polar surface area (TPSA) is 24.1 Å². The Hall–Kier alpha value is -0.380. The summed E-state index contributed by atoms with van der Waals surface area (Å²) in [7, 11) is 0. The van der Waals surface area contributed by atoms with Crippen LogP contribution in [0.4, 0.5) is 0 Å². The smallest absolute Gasteiger partial charge is 0.0220 e. The molecule has 2 N–H and O–H groups in total. The van der Waals surface area contributed by atoms with E-state index >= 15 is 0 Å². The van der Waals surface area contributed by atoms with E-state index < -0.39 is 0 Å². The second kappa shape index (κ2) is 7.27. The molecule has 0 aromatic heterocycles. The Balaban J connectivity index is 1.74. The molecule has 1 saturated heterocycles. The SMILES string of the molecule is CC(CC1CCCCN1)NCc1ccccc1Br. The minimum absolute atomic E-state index is 0.563. The van der Waals surface area contributed by atoms with Gasteiger partial charge in [-0.3, -0.25) is 0 Å². The third kappa shape index (κ3) is 4.38. The predicted octanol–water partition coefficient (Wildman–Crippen LogP) is 3.46. The fourth-order valence-electron chi connectivity index (χ4n) is 2.56. The zero-order chi connectivity index (χ0) is 12.8. The molecule has 0 aliphatic carbocycles. The molecule has 1 heterocycles. The number of piperidine rings is 1. The minimum atomic E-state index is 0.563. The van der Waals surface area contributed by atoms with Crippen molar-refractivity contribution in [1.82, 2.24) is 10.6 Å². The van der Waals surface area contributed by atoms with Gasteiger partial charge in [-0.15, -0.1) is 0 Å². The standard InChI is InChI=1S/C15H23BrN2/c1-12(10-14-7-4-5-9-17-14)18-11-13-6-2-3-8-15(13)16/h2-3,6,8,12,14,17-18H,4-5,7,9-11H2,1H3. The lowest BCUT2D eigenvalue weighted by Crippen LogP contribution is -2.39. The normalized spacial score (nSPS) is 21.8. The van der Waals surface area contributed by atoms with Gasteiger partial charge in [0.25, 0.3) is 0 Å². The average Bonchev–Trinajstić information content (AvgIpc) is 2.39. The van der Waals surface area contributed by atoms with Crippen molar-refractivity contribution < 1.29 is 0 Å². The molecule has 2 nitrogen and oxygen atoms in total. The molecule has 1 aliphatic heterocycles. The maximum Gasteiger partial charge on any atom is 0.0220 e. The highest BCUT2D eigenvalue weighted by Crippen LogP contribution is 2.16. The van der Waals surface area contributed by atoms with Crippen molar-refractivity contribution >= 4 is 15.9 Å². The molecule has 18 heavy (non-hydrogen) atoms. The Morgan fingerprint density at radius 3 is 2.94 bits per heavy atom. The Bertz CT molecular complexity index is 361. The molecule has 2 atom stereocenters. The summed E-state index contributed by atoms with van der Waals surface area (Å²) in [5.41, 5.74) is 1.33.